The Bertz CT molecular complexity index is 473. The van der Waals surface area contributed by atoms with Gasteiger partial charge in [0.05, 0.1) is 11.2 Å². The summed E-state index contributed by atoms with van der Waals surface area (Å²) >= 11 is 0. The molecule has 2 rings (SSSR count). The van der Waals surface area contributed by atoms with E-state index in [9.17, 15) is 22.7 Å². The second kappa shape index (κ2) is 4.47. The van der Waals surface area contributed by atoms with Crippen LogP contribution < -0.4 is 0 Å². The van der Waals surface area contributed by atoms with Gasteiger partial charge in [0.15, 0.2) is 0 Å². The van der Waals surface area contributed by atoms with Crippen LogP contribution in [0.4, 0.5) is 17.6 Å². The van der Waals surface area contributed by atoms with Crippen molar-refractivity contribution in [1.29, 1.82) is 0 Å². The van der Waals surface area contributed by atoms with Crippen molar-refractivity contribution in [3.8, 4) is 0 Å². The van der Waals surface area contributed by atoms with Crippen molar-refractivity contribution in [3.63, 3.8) is 0 Å². The van der Waals surface area contributed by atoms with Gasteiger partial charge >= 0.3 is 6.18 Å². The van der Waals surface area contributed by atoms with Gasteiger partial charge in [-0.1, -0.05) is 19.9 Å². The molecule has 1 fully saturated rings. The monoisotopic (exact) mass is 276 g/mol. The van der Waals surface area contributed by atoms with Crippen LogP contribution >= 0.6 is 0 Å². The Kier molecular flexibility index (Phi) is 3.37. The molecule has 19 heavy (non-hydrogen) atoms. The lowest BCUT2D eigenvalue weighted by atomic mass is 9.63. The Labute approximate surface area is 109 Å². The minimum Gasteiger partial charge on any atom is -0.385 e. The molecule has 5 heteroatoms. The fourth-order valence-electron chi connectivity index (χ4n) is 2.55. The molecule has 0 spiro atoms. The summed E-state index contributed by atoms with van der Waals surface area (Å²) in [4.78, 5) is 0. The van der Waals surface area contributed by atoms with E-state index in [1.54, 1.807) is 0 Å². The second-order valence-corrected chi connectivity index (χ2v) is 5.64. The first-order valence-corrected chi connectivity index (χ1v) is 6.23. The van der Waals surface area contributed by atoms with E-state index in [1.165, 1.54) is 6.07 Å². The minimum atomic E-state index is -4.70. The van der Waals surface area contributed by atoms with Gasteiger partial charge in [-0.3, -0.25) is 0 Å². The molecule has 0 radical (unpaired) electrons. The first-order chi connectivity index (χ1) is 8.63. The molecule has 1 aromatic rings. The summed E-state index contributed by atoms with van der Waals surface area (Å²) in [5.41, 5.74) is -2.24. The molecule has 1 aliphatic carbocycles. The summed E-state index contributed by atoms with van der Waals surface area (Å²) in [6.45, 7) is 4.05. The predicted molar refractivity (Wildman–Crippen MR) is 62.9 cm³/mol. The molecule has 0 aliphatic heterocycles. The minimum absolute atomic E-state index is 0.231. The molecule has 0 atom stereocenters. The Morgan fingerprint density at radius 1 is 1.26 bits per heavy atom. The molecular formula is C14H16F4O. The fourth-order valence-corrected chi connectivity index (χ4v) is 2.55. The number of aliphatic hydroxyl groups is 1. The normalized spacial score (nSPS) is 27.5. The molecule has 1 aliphatic rings. The molecule has 0 saturated heterocycles. The third-order valence-electron chi connectivity index (χ3n) is 3.95. The van der Waals surface area contributed by atoms with Crippen LogP contribution in [0.2, 0.25) is 0 Å². The van der Waals surface area contributed by atoms with Gasteiger partial charge in [0.1, 0.15) is 5.82 Å². The van der Waals surface area contributed by atoms with E-state index in [2.05, 4.69) is 0 Å². The van der Waals surface area contributed by atoms with E-state index in [4.69, 9.17) is 0 Å². The van der Waals surface area contributed by atoms with Crippen LogP contribution in [0.15, 0.2) is 18.2 Å². The molecule has 1 N–H and O–H groups in total. The standard InChI is InChI=1S/C14H16F4O/c1-8(2)9-6-13(19,7-9)10-3-4-11(12(15)5-10)14(16,17)18/h3-5,8-9,19H,6-7H2,1-2H3. The van der Waals surface area contributed by atoms with E-state index in [0.717, 1.165) is 6.07 Å². The predicted octanol–water partition coefficient (Wildman–Crippen LogP) is 4.10. The Morgan fingerprint density at radius 2 is 1.84 bits per heavy atom. The maximum Gasteiger partial charge on any atom is 0.419 e. The van der Waals surface area contributed by atoms with Crippen molar-refractivity contribution in [2.24, 2.45) is 11.8 Å². The quantitative estimate of drug-likeness (QED) is 0.806. The highest BCUT2D eigenvalue weighted by Crippen LogP contribution is 2.49. The zero-order valence-corrected chi connectivity index (χ0v) is 10.8. The average Bonchev–Trinajstić information content (AvgIpc) is 2.22. The van der Waals surface area contributed by atoms with Crippen molar-refractivity contribution in [1.82, 2.24) is 0 Å². The van der Waals surface area contributed by atoms with Crippen LogP contribution in [0.5, 0.6) is 0 Å². The van der Waals surface area contributed by atoms with Crippen LogP contribution in [-0.2, 0) is 11.8 Å². The summed E-state index contributed by atoms with van der Waals surface area (Å²) in [7, 11) is 0. The van der Waals surface area contributed by atoms with Crippen molar-refractivity contribution in [3.05, 3.63) is 35.1 Å². The van der Waals surface area contributed by atoms with Crippen molar-refractivity contribution in [2.45, 2.75) is 38.5 Å². The lowest BCUT2D eigenvalue weighted by molar-refractivity contribution is -0.140. The van der Waals surface area contributed by atoms with Crippen molar-refractivity contribution >= 4 is 0 Å². The zero-order chi connectivity index (χ0) is 14.4. The summed E-state index contributed by atoms with van der Waals surface area (Å²) in [5.74, 6) is -0.596. The summed E-state index contributed by atoms with van der Waals surface area (Å²) in [6, 6.07) is 2.67. The molecule has 0 unspecified atom stereocenters. The molecule has 0 amide bonds. The molecule has 106 valence electrons. The maximum atomic E-state index is 13.5. The molecule has 1 saturated carbocycles. The highest BCUT2D eigenvalue weighted by atomic mass is 19.4. The Hall–Kier alpha value is -1.10. The Morgan fingerprint density at radius 3 is 2.26 bits per heavy atom. The highest BCUT2D eigenvalue weighted by molar-refractivity contribution is 5.32. The van der Waals surface area contributed by atoms with E-state index in [-0.39, 0.29) is 5.56 Å². The summed E-state index contributed by atoms with van der Waals surface area (Å²) in [5, 5.41) is 10.3. The van der Waals surface area contributed by atoms with E-state index >= 15 is 0 Å². The van der Waals surface area contributed by atoms with Gasteiger partial charge in [-0.15, -0.1) is 0 Å². The smallest absolute Gasteiger partial charge is 0.385 e. The fraction of sp³-hybridized carbons (Fsp3) is 0.571. The van der Waals surface area contributed by atoms with E-state index in [1.807, 2.05) is 13.8 Å². The molecular weight excluding hydrogens is 260 g/mol. The van der Waals surface area contributed by atoms with Crippen molar-refractivity contribution < 1.29 is 22.7 Å². The van der Waals surface area contributed by atoms with Gasteiger partial charge in [-0.05, 0) is 42.4 Å². The van der Waals surface area contributed by atoms with Gasteiger partial charge in [0.2, 0.25) is 0 Å². The lowest BCUT2D eigenvalue weighted by Gasteiger charge is -2.46. The van der Waals surface area contributed by atoms with Crippen LogP contribution in [-0.4, -0.2) is 5.11 Å². The largest absolute Gasteiger partial charge is 0.419 e. The number of rotatable bonds is 2. The average molecular weight is 276 g/mol. The van der Waals surface area contributed by atoms with Gasteiger partial charge in [-0.2, -0.15) is 13.2 Å². The van der Waals surface area contributed by atoms with Crippen LogP contribution in [0.25, 0.3) is 0 Å². The second-order valence-electron chi connectivity index (χ2n) is 5.64. The van der Waals surface area contributed by atoms with Crippen molar-refractivity contribution in [2.75, 3.05) is 0 Å². The SMILES string of the molecule is CC(C)C1CC(O)(c2ccc(C(F)(F)F)c(F)c2)C1. The van der Waals surface area contributed by atoms with Gasteiger partial charge in [0.25, 0.3) is 0 Å². The van der Waals surface area contributed by atoms with Crippen LogP contribution in [0.1, 0.15) is 37.8 Å². The molecule has 1 nitrogen and oxygen atoms in total. The number of benzene rings is 1. The third-order valence-corrected chi connectivity index (χ3v) is 3.95. The summed E-state index contributed by atoms with van der Waals surface area (Å²) < 4.78 is 50.8. The lowest BCUT2D eigenvalue weighted by Crippen LogP contribution is -2.43. The number of alkyl halides is 3. The number of hydrogen-bond acceptors (Lipinski definition) is 1. The summed E-state index contributed by atoms with van der Waals surface area (Å²) in [6.07, 6.45) is -3.77. The van der Waals surface area contributed by atoms with Crippen LogP contribution in [0.3, 0.4) is 0 Å². The highest BCUT2D eigenvalue weighted by Gasteiger charge is 2.45. The third kappa shape index (κ3) is 2.61. The topological polar surface area (TPSA) is 20.2 Å². The van der Waals surface area contributed by atoms with E-state index < -0.39 is 23.2 Å². The maximum absolute atomic E-state index is 13.5. The number of hydrogen-bond donors (Lipinski definition) is 1. The molecule has 0 heterocycles. The van der Waals surface area contributed by atoms with Gasteiger partial charge in [0, 0.05) is 0 Å². The molecule has 1 aromatic carbocycles. The van der Waals surface area contributed by atoms with Gasteiger partial charge in [-0.25, -0.2) is 4.39 Å². The zero-order valence-electron chi connectivity index (χ0n) is 10.8. The molecule has 0 bridgehead atoms. The molecule has 0 aromatic heterocycles. The number of halogens is 4. The van der Waals surface area contributed by atoms with Gasteiger partial charge < -0.3 is 5.11 Å². The first kappa shape index (κ1) is 14.3. The first-order valence-electron chi connectivity index (χ1n) is 6.23. The van der Waals surface area contributed by atoms with Crippen LogP contribution in [0, 0.1) is 17.7 Å². The Balaban J connectivity index is 2.22. The van der Waals surface area contributed by atoms with E-state index in [0.29, 0.717) is 30.7 Å².